The lowest BCUT2D eigenvalue weighted by atomic mass is 9.71. The summed E-state index contributed by atoms with van der Waals surface area (Å²) in [6.07, 6.45) is 28.3. The van der Waals surface area contributed by atoms with Gasteiger partial charge in [-0.05, 0) is 168 Å². The van der Waals surface area contributed by atoms with E-state index in [-0.39, 0.29) is 0 Å². The zero-order chi connectivity index (χ0) is 27.6. The summed E-state index contributed by atoms with van der Waals surface area (Å²) < 4.78 is 0. The maximum absolute atomic E-state index is 3.86. The number of rotatable bonds is 8. The predicted molar refractivity (Wildman–Crippen MR) is 167 cm³/mol. The predicted octanol–water partition coefficient (Wildman–Crippen LogP) is 9.83. The second-order valence-electron chi connectivity index (χ2n) is 17.4. The van der Waals surface area contributed by atoms with Crippen molar-refractivity contribution in [1.29, 1.82) is 0 Å². The SMILES string of the molecule is CC1(C)CC(CCC2CCC(/C=C/C3CCC(CCC4CC(C)(C)NC(C)(C)C4)CC3)CC2)CC(C)(C)N1. The Balaban J connectivity index is 1.10. The number of allylic oxidation sites excluding steroid dienone is 2. The lowest BCUT2D eigenvalue weighted by molar-refractivity contribution is 0.115. The van der Waals surface area contributed by atoms with Gasteiger partial charge in [-0.3, -0.25) is 0 Å². The van der Waals surface area contributed by atoms with E-state index in [1.807, 2.05) is 0 Å². The van der Waals surface area contributed by atoms with E-state index < -0.39 is 0 Å². The molecule has 220 valence electrons. The number of hydrogen-bond donors (Lipinski definition) is 2. The Kier molecular flexibility index (Phi) is 9.88. The van der Waals surface area contributed by atoms with Gasteiger partial charge < -0.3 is 10.6 Å². The second kappa shape index (κ2) is 12.3. The van der Waals surface area contributed by atoms with Crippen LogP contribution in [0.4, 0.5) is 0 Å². The molecular weight excluding hydrogens is 460 g/mol. The minimum absolute atomic E-state index is 0.301. The molecule has 2 N–H and O–H groups in total. The quantitative estimate of drug-likeness (QED) is 0.307. The van der Waals surface area contributed by atoms with E-state index >= 15 is 0 Å². The van der Waals surface area contributed by atoms with Gasteiger partial charge in [0.15, 0.2) is 0 Å². The third-order valence-electron chi connectivity index (χ3n) is 11.0. The minimum Gasteiger partial charge on any atom is -0.307 e. The van der Waals surface area contributed by atoms with Crippen LogP contribution in [0.15, 0.2) is 12.2 Å². The first-order valence-electron chi connectivity index (χ1n) is 16.9. The van der Waals surface area contributed by atoms with Crippen LogP contribution in [0.25, 0.3) is 0 Å². The molecule has 0 spiro atoms. The van der Waals surface area contributed by atoms with Crippen molar-refractivity contribution in [2.24, 2.45) is 35.5 Å². The Morgan fingerprint density at radius 1 is 0.421 bits per heavy atom. The molecule has 0 unspecified atom stereocenters. The van der Waals surface area contributed by atoms with Crippen LogP contribution >= 0.6 is 0 Å². The van der Waals surface area contributed by atoms with Crippen molar-refractivity contribution in [1.82, 2.24) is 10.6 Å². The fourth-order valence-electron chi connectivity index (χ4n) is 10.1. The van der Waals surface area contributed by atoms with Gasteiger partial charge in [-0.15, -0.1) is 0 Å². The Bertz CT molecular complexity index is 662. The van der Waals surface area contributed by atoms with Crippen LogP contribution in [-0.2, 0) is 0 Å². The van der Waals surface area contributed by atoms with E-state index in [1.165, 1.54) is 103 Å². The summed E-state index contributed by atoms with van der Waals surface area (Å²) in [6, 6.07) is 0. The average molecular weight is 527 g/mol. The summed E-state index contributed by atoms with van der Waals surface area (Å²) >= 11 is 0. The van der Waals surface area contributed by atoms with Crippen molar-refractivity contribution >= 4 is 0 Å². The van der Waals surface area contributed by atoms with Crippen molar-refractivity contribution in [3.8, 4) is 0 Å². The summed E-state index contributed by atoms with van der Waals surface area (Å²) in [5, 5.41) is 7.73. The van der Waals surface area contributed by atoms with Gasteiger partial charge in [0, 0.05) is 22.2 Å². The first-order valence-corrected chi connectivity index (χ1v) is 16.9. The largest absolute Gasteiger partial charge is 0.307 e. The third kappa shape index (κ3) is 9.64. The Labute approximate surface area is 238 Å². The summed E-state index contributed by atoms with van der Waals surface area (Å²) in [6.45, 7) is 19.2. The van der Waals surface area contributed by atoms with Gasteiger partial charge in [0.25, 0.3) is 0 Å². The molecule has 0 aromatic heterocycles. The summed E-state index contributed by atoms with van der Waals surface area (Å²) in [4.78, 5) is 0. The smallest absolute Gasteiger partial charge is 0.0132 e. The molecular formula is C36H66N2. The third-order valence-corrected chi connectivity index (χ3v) is 11.0. The molecule has 4 rings (SSSR count). The van der Waals surface area contributed by atoms with Gasteiger partial charge in [0.05, 0.1) is 0 Å². The average Bonchev–Trinajstić information content (AvgIpc) is 2.77. The van der Waals surface area contributed by atoms with Crippen molar-refractivity contribution in [3.05, 3.63) is 12.2 Å². The first kappa shape index (κ1) is 30.6. The van der Waals surface area contributed by atoms with Crippen molar-refractivity contribution < 1.29 is 0 Å². The standard InChI is InChI=1S/C36H66N2/c1-33(2)23-31(24-34(3,4)37-33)21-19-29-15-11-27(12-16-29)9-10-28-13-17-30(18-14-28)20-22-32-25-35(5,6)38-36(7,8)26-32/h9-10,27-32,37-38H,11-26H2,1-8H3/b10-9+. The van der Waals surface area contributed by atoms with E-state index in [4.69, 9.17) is 0 Å². The maximum atomic E-state index is 3.86. The van der Waals surface area contributed by atoms with Gasteiger partial charge in [0.1, 0.15) is 0 Å². The van der Waals surface area contributed by atoms with Gasteiger partial charge in [-0.25, -0.2) is 0 Å². The van der Waals surface area contributed by atoms with Crippen LogP contribution in [0.2, 0.25) is 0 Å². The summed E-state index contributed by atoms with van der Waals surface area (Å²) in [5.41, 5.74) is 1.20. The Morgan fingerprint density at radius 2 is 0.684 bits per heavy atom. The Hall–Kier alpha value is -0.340. The molecule has 0 atom stereocenters. The number of piperidine rings is 2. The molecule has 0 bridgehead atoms. The Morgan fingerprint density at radius 3 is 0.974 bits per heavy atom. The summed E-state index contributed by atoms with van der Waals surface area (Å²) in [7, 11) is 0. The van der Waals surface area contributed by atoms with E-state index in [1.54, 1.807) is 0 Å². The molecule has 4 aliphatic rings. The van der Waals surface area contributed by atoms with E-state index in [0.29, 0.717) is 22.2 Å². The second-order valence-corrected chi connectivity index (χ2v) is 17.4. The lowest BCUT2D eigenvalue weighted by Crippen LogP contribution is -2.57. The monoisotopic (exact) mass is 527 g/mol. The first-order chi connectivity index (χ1) is 17.7. The van der Waals surface area contributed by atoms with Crippen LogP contribution in [0, 0.1) is 35.5 Å². The molecule has 0 amide bonds. The molecule has 0 aromatic carbocycles. The fraction of sp³-hybridized carbons (Fsp3) is 0.944. The van der Waals surface area contributed by atoms with Crippen molar-refractivity contribution in [2.45, 2.75) is 180 Å². The highest BCUT2D eigenvalue weighted by atomic mass is 15.1. The van der Waals surface area contributed by atoms with Crippen molar-refractivity contribution in [3.63, 3.8) is 0 Å². The van der Waals surface area contributed by atoms with E-state index in [2.05, 4.69) is 78.2 Å². The molecule has 4 fully saturated rings. The molecule has 2 aliphatic carbocycles. The zero-order valence-electron chi connectivity index (χ0n) is 26.9. The van der Waals surface area contributed by atoms with E-state index in [0.717, 1.165) is 35.5 Å². The van der Waals surface area contributed by atoms with Crippen LogP contribution in [0.1, 0.15) is 158 Å². The zero-order valence-corrected chi connectivity index (χ0v) is 26.9. The minimum atomic E-state index is 0.301. The van der Waals surface area contributed by atoms with Gasteiger partial charge >= 0.3 is 0 Å². The molecule has 2 aliphatic heterocycles. The fourth-order valence-corrected chi connectivity index (χ4v) is 10.1. The molecule has 2 heteroatoms. The summed E-state index contributed by atoms with van der Waals surface area (Å²) in [5.74, 6) is 5.54. The molecule has 2 saturated carbocycles. The highest BCUT2D eigenvalue weighted by molar-refractivity contribution is 4.99. The van der Waals surface area contributed by atoms with Crippen LogP contribution in [0.5, 0.6) is 0 Å². The van der Waals surface area contributed by atoms with Gasteiger partial charge in [-0.2, -0.15) is 0 Å². The topological polar surface area (TPSA) is 24.1 Å². The molecule has 2 heterocycles. The van der Waals surface area contributed by atoms with E-state index in [9.17, 15) is 0 Å². The van der Waals surface area contributed by atoms with Gasteiger partial charge in [-0.1, -0.05) is 37.8 Å². The lowest BCUT2D eigenvalue weighted by Gasteiger charge is -2.47. The van der Waals surface area contributed by atoms with Crippen LogP contribution in [-0.4, -0.2) is 22.2 Å². The highest BCUT2D eigenvalue weighted by Gasteiger charge is 2.38. The maximum Gasteiger partial charge on any atom is 0.0132 e. The molecule has 0 radical (unpaired) electrons. The highest BCUT2D eigenvalue weighted by Crippen LogP contribution is 2.41. The molecule has 0 aromatic rings. The van der Waals surface area contributed by atoms with Crippen molar-refractivity contribution in [2.75, 3.05) is 0 Å². The molecule has 2 nitrogen and oxygen atoms in total. The molecule has 38 heavy (non-hydrogen) atoms. The number of hydrogen-bond acceptors (Lipinski definition) is 2. The van der Waals surface area contributed by atoms with Gasteiger partial charge in [0.2, 0.25) is 0 Å². The van der Waals surface area contributed by atoms with Crippen LogP contribution < -0.4 is 10.6 Å². The normalized spacial score (nSPS) is 35.9. The molecule has 2 saturated heterocycles. The van der Waals surface area contributed by atoms with Crippen LogP contribution in [0.3, 0.4) is 0 Å². The number of nitrogens with one attached hydrogen (secondary N) is 2.